The first-order chi connectivity index (χ1) is 7.86. The van der Waals surface area contributed by atoms with Crippen molar-refractivity contribution in [3.8, 4) is 0 Å². The van der Waals surface area contributed by atoms with E-state index >= 15 is 0 Å². The zero-order chi connectivity index (χ0) is 12.9. The summed E-state index contributed by atoms with van der Waals surface area (Å²) in [5.74, 6) is 0.710. The van der Waals surface area contributed by atoms with Gasteiger partial charge < -0.3 is 0 Å². The van der Waals surface area contributed by atoms with Crippen LogP contribution in [0.3, 0.4) is 0 Å². The first kappa shape index (κ1) is 12.3. The van der Waals surface area contributed by atoms with Crippen LogP contribution in [0.4, 0.5) is 4.39 Å². The van der Waals surface area contributed by atoms with Crippen LogP contribution in [0.25, 0.3) is 5.83 Å². The number of fused-ring (bicyclic) bond motifs is 1. The predicted molar refractivity (Wildman–Crippen MR) is 71.9 cm³/mol. The monoisotopic (exact) mass is 232 g/mol. The molecule has 0 spiro atoms. The van der Waals surface area contributed by atoms with Gasteiger partial charge in [-0.2, -0.15) is 0 Å². The lowest BCUT2D eigenvalue weighted by Crippen LogP contribution is -2.18. The van der Waals surface area contributed by atoms with Crippen LogP contribution in [0.1, 0.15) is 54.5 Å². The SMILES string of the molecule is CC1=C(F)c2c(C)c(C)cc(C)c2C(C)C1C. The Balaban J connectivity index is 2.85. The first-order valence-corrected chi connectivity index (χ1v) is 6.33. The molecule has 0 nitrogen and oxygen atoms in total. The molecular weight excluding hydrogens is 211 g/mol. The normalized spacial score (nSPS) is 23.9. The third kappa shape index (κ3) is 1.64. The lowest BCUT2D eigenvalue weighted by Gasteiger charge is -2.32. The molecule has 1 aromatic rings. The highest BCUT2D eigenvalue weighted by Crippen LogP contribution is 2.45. The minimum atomic E-state index is 0.00917. The van der Waals surface area contributed by atoms with Crippen molar-refractivity contribution in [3.05, 3.63) is 39.5 Å². The van der Waals surface area contributed by atoms with Crippen molar-refractivity contribution in [1.82, 2.24) is 0 Å². The lowest BCUT2D eigenvalue weighted by molar-refractivity contribution is 0.530. The molecule has 0 aromatic heterocycles. The van der Waals surface area contributed by atoms with Gasteiger partial charge in [-0.15, -0.1) is 0 Å². The molecule has 0 saturated carbocycles. The highest BCUT2D eigenvalue weighted by molar-refractivity contribution is 5.73. The van der Waals surface area contributed by atoms with Crippen LogP contribution in [-0.2, 0) is 0 Å². The number of hydrogen-bond acceptors (Lipinski definition) is 0. The summed E-state index contributed by atoms with van der Waals surface area (Å²) in [5, 5.41) is 0. The molecule has 92 valence electrons. The molecule has 2 rings (SSSR count). The van der Waals surface area contributed by atoms with Crippen LogP contribution in [0.15, 0.2) is 11.6 Å². The number of aryl methyl sites for hydroxylation is 2. The molecule has 2 atom stereocenters. The largest absolute Gasteiger partial charge is 0.206 e. The highest BCUT2D eigenvalue weighted by Gasteiger charge is 2.31. The topological polar surface area (TPSA) is 0 Å². The Morgan fingerprint density at radius 2 is 1.53 bits per heavy atom. The summed E-state index contributed by atoms with van der Waals surface area (Å²) >= 11 is 0. The summed E-state index contributed by atoms with van der Waals surface area (Å²) in [5.41, 5.74) is 6.49. The number of benzene rings is 1. The summed E-state index contributed by atoms with van der Waals surface area (Å²) < 4.78 is 14.5. The van der Waals surface area contributed by atoms with Gasteiger partial charge in [0.25, 0.3) is 0 Å². The van der Waals surface area contributed by atoms with Crippen molar-refractivity contribution in [2.75, 3.05) is 0 Å². The van der Waals surface area contributed by atoms with Gasteiger partial charge in [0, 0.05) is 5.56 Å². The third-order valence-electron chi connectivity index (χ3n) is 4.55. The number of allylic oxidation sites excluding steroid dienone is 1. The summed E-state index contributed by atoms with van der Waals surface area (Å²) in [6.07, 6.45) is 0. The Hall–Kier alpha value is -1.11. The average molecular weight is 232 g/mol. The van der Waals surface area contributed by atoms with Crippen molar-refractivity contribution in [2.45, 2.75) is 47.5 Å². The zero-order valence-electron chi connectivity index (χ0n) is 11.6. The Bertz CT molecular complexity index is 509. The van der Waals surface area contributed by atoms with Gasteiger partial charge in [0.15, 0.2) is 0 Å². The summed E-state index contributed by atoms with van der Waals surface area (Å²) in [4.78, 5) is 0. The number of halogens is 1. The fourth-order valence-electron chi connectivity index (χ4n) is 3.00. The van der Waals surface area contributed by atoms with E-state index in [1.165, 1.54) is 16.7 Å². The molecule has 0 fully saturated rings. The van der Waals surface area contributed by atoms with Crippen LogP contribution < -0.4 is 0 Å². The van der Waals surface area contributed by atoms with E-state index < -0.39 is 0 Å². The molecule has 17 heavy (non-hydrogen) atoms. The van der Waals surface area contributed by atoms with E-state index in [1.807, 2.05) is 13.8 Å². The van der Waals surface area contributed by atoms with E-state index in [4.69, 9.17) is 0 Å². The molecule has 0 amide bonds. The van der Waals surface area contributed by atoms with Gasteiger partial charge in [0.05, 0.1) is 0 Å². The zero-order valence-corrected chi connectivity index (χ0v) is 11.6. The second kappa shape index (κ2) is 3.97. The minimum Gasteiger partial charge on any atom is -0.206 e. The predicted octanol–water partition coefficient (Wildman–Crippen LogP) is 5.07. The van der Waals surface area contributed by atoms with Crippen molar-refractivity contribution in [2.24, 2.45) is 5.92 Å². The van der Waals surface area contributed by atoms with E-state index in [0.29, 0.717) is 11.8 Å². The molecule has 0 aliphatic heterocycles. The van der Waals surface area contributed by atoms with Crippen molar-refractivity contribution < 1.29 is 4.39 Å². The van der Waals surface area contributed by atoms with Crippen LogP contribution in [0.2, 0.25) is 0 Å². The van der Waals surface area contributed by atoms with E-state index in [9.17, 15) is 4.39 Å². The van der Waals surface area contributed by atoms with Crippen LogP contribution >= 0.6 is 0 Å². The molecule has 1 aromatic carbocycles. The van der Waals surface area contributed by atoms with Gasteiger partial charge in [-0.3, -0.25) is 0 Å². The van der Waals surface area contributed by atoms with E-state index in [-0.39, 0.29) is 5.83 Å². The molecule has 1 aliphatic carbocycles. The molecule has 0 saturated heterocycles. The molecule has 0 radical (unpaired) electrons. The molecule has 1 aliphatic rings. The van der Waals surface area contributed by atoms with Crippen molar-refractivity contribution in [3.63, 3.8) is 0 Å². The van der Waals surface area contributed by atoms with E-state index in [2.05, 4.69) is 33.8 Å². The standard InChI is InChI=1S/C16H21F/c1-8-7-9(2)14-12(5)11(4)13(6)16(17)15(14)10(8)3/h7,11-12H,1-6H3. The molecule has 0 bridgehead atoms. The van der Waals surface area contributed by atoms with Crippen LogP contribution in [-0.4, -0.2) is 0 Å². The Morgan fingerprint density at radius 3 is 2.12 bits per heavy atom. The summed E-state index contributed by atoms with van der Waals surface area (Å²) in [7, 11) is 0. The third-order valence-corrected chi connectivity index (χ3v) is 4.55. The van der Waals surface area contributed by atoms with E-state index in [0.717, 1.165) is 16.7 Å². The highest BCUT2D eigenvalue weighted by atomic mass is 19.1. The maximum Gasteiger partial charge on any atom is 0.130 e. The van der Waals surface area contributed by atoms with Gasteiger partial charge in [-0.1, -0.05) is 19.9 Å². The van der Waals surface area contributed by atoms with Gasteiger partial charge >= 0.3 is 0 Å². The number of rotatable bonds is 0. The molecule has 1 heteroatoms. The fraction of sp³-hybridized carbons (Fsp3) is 0.500. The maximum absolute atomic E-state index is 14.5. The Labute approximate surface area is 104 Å². The second-order valence-corrected chi connectivity index (χ2v) is 5.50. The smallest absolute Gasteiger partial charge is 0.130 e. The Morgan fingerprint density at radius 1 is 0.941 bits per heavy atom. The van der Waals surface area contributed by atoms with Gasteiger partial charge in [-0.05, 0) is 67.4 Å². The number of hydrogen-bond donors (Lipinski definition) is 0. The van der Waals surface area contributed by atoms with E-state index in [1.54, 1.807) is 0 Å². The van der Waals surface area contributed by atoms with Gasteiger partial charge in [0.2, 0.25) is 0 Å². The molecular formula is C16H21F. The fourth-order valence-corrected chi connectivity index (χ4v) is 3.00. The summed E-state index contributed by atoms with van der Waals surface area (Å²) in [6.45, 7) is 12.5. The maximum atomic E-state index is 14.5. The summed E-state index contributed by atoms with van der Waals surface area (Å²) in [6, 6.07) is 2.19. The quantitative estimate of drug-likeness (QED) is 0.586. The van der Waals surface area contributed by atoms with Gasteiger partial charge in [-0.25, -0.2) is 4.39 Å². The molecule has 0 N–H and O–H groups in total. The second-order valence-electron chi connectivity index (χ2n) is 5.50. The Kier molecular flexibility index (Phi) is 2.89. The molecule has 2 unspecified atom stereocenters. The van der Waals surface area contributed by atoms with Crippen LogP contribution in [0, 0.1) is 26.7 Å². The van der Waals surface area contributed by atoms with Crippen molar-refractivity contribution in [1.29, 1.82) is 0 Å². The lowest BCUT2D eigenvalue weighted by atomic mass is 9.73. The van der Waals surface area contributed by atoms with Crippen LogP contribution in [0.5, 0.6) is 0 Å². The minimum absolute atomic E-state index is 0.00917. The van der Waals surface area contributed by atoms with Gasteiger partial charge in [0.1, 0.15) is 5.83 Å². The van der Waals surface area contributed by atoms with Crippen molar-refractivity contribution >= 4 is 5.83 Å². The average Bonchev–Trinajstić information content (AvgIpc) is 2.28. The molecule has 0 heterocycles. The first-order valence-electron chi connectivity index (χ1n) is 6.33.